The van der Waals surface area contributed by atoms with E-state index >= 15 is 0 Å². The fourth-order valence-electron chi connectivity index (χ4n) is 5.83. The summed E-state index contributed by atoms with van der Waals surface area (Å²) in [6.45, 7) is 4.37. The SMILES string of the molecule is CC1(C)[C@H]2CC[C@]1(c1ccnc(-n3cnc(N)n3)n1)c1nnc(-c3c(F)cccc3F)cc12. The average molecular weight is 446 g/mol. The van der Waals surface area contributed by atoms with E-state index in [1.165, 1.54) is 29.2 Å². The molecule has 0 spiro atoms. The van der Waals surface area contributed by atoms with Crippen molar-refractivity contribution in [2.24, 2.45) is 5.41 Å². The Morgan fingerprint density at radius 3 is 2.61 bits per heavy atom. The Hall–Kier alpha value is -3.82. The molecule has 3 heterocycles. The molecule has 2 aliphatic rings. The Morgan fingerprint density at radius 2 is 1.88 bits per heavy atom. The second kappa shape index (κ2) is 6.60. The Balaban J connectivity index is 1.53. The molecule has 33 heavy (non-hydrogen) atoms. The highest BCUT2D eigenvalue weighted by Crippen LogP contribution is 2.69. The van der Waals surface area contributed by atoms with Crippen molar-refractivity contribution in [3.63, 3.8) is 0 Å². The summed E-state index contributed by atoms with van der Waals surface area (Å²) in [7, 11) is 0. The monoisotopic (exact) mass is 446 g/mol. The highest BCUT2D eigenvalue weighted by Gasteiger charge is 2.65. The van der Waals surface area contributed by atoms with E-state index in [0.717, 1.165) is 29.8 Å². The zero-order valence-electron chi connectivity index (χ0n) is 18.0. The van der Waals surface area contributed by atoms with Crippen LogP contribution >= 0.6 is 0 Å². The predicted molar refractivity (Wildman–Crippen MR) is 115 cm³/mol. The first kappa shape index (κ1) is 19.8. The van der Waals surface area contributed by atoms with Crippen LogP contribution in [0.2, 0.25) is 0 Å². The van der Waals surface area contributed by atoms with E-state index in [2.05, 4.69) is 39.1 Å². The standard InChI is InChI=1S/C23H20F2N8/c1-22(2)13-6-8-23(22,17-7-9-27-21(29-17)33-11-28-20(26)32-33)19-12(13)10-16(30-31-19)18-14(24)4-3-5-15(18)25/h3-5,7,9-11,13H,6,8H2,1-2H3,(H2,26,32)/t13-,23-/m0/s1. The van der Waals surface area contributed by atoms with Gasteiger partial charge in [-0.25, -0.2) is 23.7 Å². The molecule has 2 atom stereocenters. The van der Waals surface area contributed by atoms with Crippen LogP contribution < -0.4 is 5.73 Å². The van der Waals surface area contributed by atoms with Gasteiger partial charge in [-0.3, -0.25) is 0 Å². The van der Waals surface area contributed by atoms with E-state index in [9.17, 15) is 8.78 Å². The number of anilines is 1. The molecule has 1 saturated carbocycles. The molecule has 4 aromatic rings. The molecule has 2 bridgehead atoms. The van der Waals surface area contributed by atoms with E-state index < -0.39 is 17.0 Å². The topological polar surface area (TPSA) is 108 Å². The first-order chi connectivity index (χ1) is 15.8. The second-order valence-corrected chi connectivity index (χ2v) is 9.14. The predicted octanol–water partition coefficient (Wildman–Crippen LogP) is 3.58. The molecular weight excluding hydrogens is 426 g/mol. The van der Waals surface area contributed by atoms with Crippen LogP contribution in [-0.4, -0.2) is 34.9 Å². The van der Waals surface area contributed by atoms with E-state index in [4.69, 9.17) is 10.7 Å². The van der Waals surface area contributed by atoms with Crippen molar-refractivity contribution in [1.29, 1.82) is 0 Å². The minimum Gasteiger partial charge on any atom is -0.366 e. The molecule has 8 nitrogen and oxygen atoms in total. The molecule has 0 amide bonds. The van der Waals surface area contributed by atoms with Gasteiger partial charge in [0.1, 0.15) is 18.0 Å². The van der Waals surface area contributed by atoms with Gasteiger partial charge in [-0.15, -0.1) is 10.2 Å². The maximum absolute atomic E-state index is 14.4. The maximum Gasteiger partial charge on any atom is 0.252 e. The molecule has 0 radical (unpaired) electrons. The summed E-state index contributed by atoms with van der Waals surface area (Å²) in [4.78, 5) is 13.1. The number of nitrogens with two attached hydrogens (primary N) is 1. The lowest BCUT2D eigenvalue weighted by molar-refractivity contribution is 0.242. The molecule has 166 valence electrons. The van der Waals surface area contributed by atoms with Gasteiger partial charge in [0, 0.05) is 6.20 Å². The Kier molecular flexibility index (Phi) is 3.96. The van der Waals surface area contributed by atoms with Crippen LogP contribution in [0, 0.1) is 17.0 Å². The minimum absolute atomic E-state index is 0.133. The molecule has 10 heteroatoms. The summed E-state index contributed by atoms with van der Waals surface area (Å²) in [6, 6.07) is 7.46. The van der Waals surface area contributed by atoms with Gasteiger partial charge in [-0.2, -0.15) is 9.78 Å². The molecule has 2 aliphatic carbocycles. The highest BCUT2D eigenvalue weighted by molar-refractivity contribution is 5.64. The van der Waals surface area contributed by atoms with Crippen LogP contribution in [-0.2, 0) is 5.41 Å². The number of nitrogens with zero attached hydrogens (tertiary/aromatic N) is 7. The second-order valence-electron chi connectivity index (χ2n) is 9.14. The summed E-state index contributed by atoms with van der Waals surface area (Å²) < 4.78 is 30.3. The van der Waals surface area contributed by atoms with Crippen molar-refractivity contribution < 1.29 is 8.78 Å². The number of benzene rings is 1. The van der Waals surface area contributed by atoms with Crippen molar-refractivity contribution in [2.45, 2.75) is 38.0 Å². The van der Waals surface area contributed by atoms with E-state index in [0.29, 0.717) is 5.95 Å². The van der Waals surface area contributed by atoms with Crippen LogP contribution in [0.5, 0.6) is 0 Å². The van der Waals surface area contributed by atoms with E-state index in [1.807, 2.05) is 6.07 Å². The van der Waals surface area contributed by atoms with Gasteiger partial charge in [-0.1, -0.05) is 19.9 Å². The summed E-state index contributed by atoms with van der Waals surface area (Å²) in [5, 5.41) is 12.9. The lowest BCUT2D eigenvalue weighted by Gasteiger charge is -2.37. The molecule has 3 aromatic heterocycles. The number of fused-ring (bicyclic) bond motifs is 5. The number of hydrogen-bond acceptors (Lipinski definition) is 7. The minimum atomic E-state index is -0.658. The van der Waals surface area contributed by atoms with Crippen molar-refractivity contribution >= 4 is 5.95 Å². The summed E-state index contributed by atoms with van der Waals surface area (Å²) >= 11 is 0. The lowest BCUT2D eigenvalue weighted by atomic mass is 9.66. The van der Waals surface area contributed by atoms with Crippen molar-refractivity contribution in [1.82, 2.24) is 34.9 Å². The van der Waals surface area contributed by atoms with Gasteiger partial charge >= 0.3 is 0 Å². The van der Waals surface area contributed by atoms with Crippen molar-refractivity contribution in [3.8, 4) is 17.2 Å². The third-order valence-corrected chi connectivity index (χ3v) is 7.40. The van der Waals surface area contributed by atoms with Crippen LogP contribution in [0.25, 0.3) is 17.2 Å². The van der Waals surface area contributed by atoms with Crippen LogP contribution in [0.3, 0.4) is 0 Å². The molecular formula is C23H20F2N8. The third kappa shape index (κ3) is 2.54. The number of rotatable bonds is 3. The lowest BCUT2D eigenvalue weighted by Crippen LogP contribution is -2.38. The molecule has 2 N–H and O–H groups in total. The largest absolute Gasteiger partial charge is 0.366 e. The summed E-state index contributed by atoms with van der Waals surface area (Å²) in [5.41, 5.74) is 7.49. The Labute approximate surface area is 187 Å². The van der Waals surface area contributed by atoms with Crippen LogP contribution in [0.1, 0.15) is 49.6 Å². The van der Waals surface area contributed by atoms with Crippen LogP contribution in [0.4, 0.5) is 14.7 Å². The van der Waals surface area contributed by atoms with E-state index in [-0.39, 0.29) is 28.5 Å². The molecule has 0 unspecified atom stereocenters. The van der Waals surface area contributed by atoms with Crippen LogP contribution in [0.15, 0.2) is 42.9 Å². The van der Waals surface area contributed by atoms with Crippen molar-refractivity contribution in [3.05, 3.63) is 71.4 Å². The number of halogens is 2. The highest BCUT2D eigenvalue weighted by atomic mass is 19.1. The summed E-state index contributed by atoms with van der Waals surface area (Å²) in [6.07, 6.45) is 4.88. The fourth-order valence-corrected chi connectivity index (χ4v) is 5.83. The number of hydrogen-bond donors (Lipinski definition) is 1. The zero-order valence-corrected chi connectivity index (χ0v) is 18.0. The van der Waals surface area contributed by atoms with Gasteiger partial charge in [-0.05, 0) is 54.0 Å². The van der Waals surface area contributed by atoms with Gasteiger partial charge in [0.15, 0.2) is 0 Å². The zero-order chi connectivity index (χ0) is 23.0. The van der Waals surface area contributed by atoms with Gasteiger partial charge in [0.05, 0.1) is 28.1 Å². The third-order valence-electron chi connectivity index (χ3n) is 7.40. The normalized spacial score (nSPS) is 22.5. The average Bonchev–Trinajstić information content (AvgIpc) is 3.40. The molecule has 1 fully saturated rings. The van der Waals surface area contributed by atoms with Gasteiger partial charge < -0.3 is 5.73 Å². The van der Waals surface area contributed by atoms with Crippen molar-refractivity contribution in [2.75, 3.05) is 5.73 Å². The van der Waals surface area contributed by atoms with E-state index in [1.54, 1.807) is 12.3 Å². The summed E-state index contributed by atoms with van der Waals surface area (Å²) in [5.74, 6) is -0.676. The quantitative estimate of drug-likeness (QED) is 0.512. The smallest absolute Gasteiger partial charge is 0.252 e. The molecule has 6 rings (SSSR count). The molecule has 0 aliphatic heterocycles. The molecule has 0 saturated heterocycles. The fraction of sp³-hybridized carbons (Fsp3) is 0.304. The number of aromatic nitrogens is 7. The van der Waals surface area contributed by atoms with Gasteiger partial charge in [0.2, 0.25) is 5.95 Å². The Bertz CT molecular complexity index is 1400. The van der Waals surface area contributed by atoms with Gasteiger partial charge in [0.25, 0.3) is 5.95 Å². The Morgan fingerprint density at radius 1 is 1.09 bits per heavy atom. The first-order valence-electron chi connectivity index (χ1n) is 10.7. The first-order valence-corrected chi connectivity index (χ1v) is 10.7. The number of nitrogen functional groups attached to an aromatic ring is 1. The maximum atomic E-state index is 14.4. The molecule has 1 aromatic carbocycles.